The zero-order valence-corrected chi connectivity index (χ0v) is 13.0. The summed E-state index contributed by atoms with van der Waals surface area (Å²) in [4.78, 5) is 14.3. The number of fused-ring (bicyclic) bond motifs is 1. The van der Waals surface area contributed by atoms with Crippen LogP contribution in [0.25, 0.3) is 0 Å². The van der Waals surface area contributed by atoms with Gasteiger partial charge in [0.25, 0.3) is 5.91 Å². The van der Waals surface area contributed by atoms with Crippen LogP contribution in [0.2, 0.25) is 0 Å². The van der Waals surface area contributed by atoms with Gasteiger partial charge >= 0.3 is 0 Å². The lowest BCUT2D eigenvalue weighted by molar-refractivity contribution is 0.0669. The number of nitrogens with one attached hydrogen (secondary N) is 1. The van der Waals surface area contributed by atoms with Gasteiger partial charge in [0, 0.05) is 37.5 Å². The summed E-state index contributed by atoms with van der Waals surface area (Å²) in [7, 11) is 0. The van der Waals surface area contributed by atoms with Crippen LogP contribution < -0.4 is 5.32 Å². The normalized spacial score (nSPS) is 12.3. The molecule has 0 atom stereocenters. The predicted octanol–water partition coefficient (Wildman–Crippen LogP) is 2.58. The number of ether oxygens (including phenoxy) is 1. The second-order valence-corrected chi connectivity index (χ2v) is 4.63. The highest BCUT2D eigenvalue weighted by atomic mass is 35.5. The molecule has 0 saturated carbocycles. The zero-order valence-electron chi connectivity index (χ0n) is 12.1. The van der Waals surface area contributed by atoms with Gasteiger partial charge in [0.1, 0.15) is 0 Å². The molecule has 1 aliphatic rings. The minimum absolute atomic E-state index is 0. The monoisotopic (exact) mass is 298 g/mol. The summed E-state index contributed by atoms with van der Waals surface area (Å²) in [5.74, 6) is 0.0944. The van der Waals surface area contributed by atoms with Crippen molar-refractivity contribution in [2.45, 2.75) is 20.3 Å². The third kappa shape index (κ3) is 3.87. The van der Waals surface area contributed by atoms with E-state index in [9.17, 15) is 4.79 Å². The summed E-state index contributed by atoms with van der Waals surface area (Å²) in [6, 6.07) is 5.93. The first-order valence-electron chi connectivity index (χ1n) is 7.00. The van der Waals surface area contributed by atoms with E-state index in [4.69, 9.17) is 4.74 Å². The summed E-state index contributed by atoms with van der Waals surface area (Å²) >= 11 is 0. The SMILES string of the molecule is CCOCCN(CC)C(=O)c1ccc2c(c1)CCN2.Cl. The summed E-state index contributed by atoms with van der Waals surface area (Å²) in [5.41, 5.74) is 3.18. The number of rotatable bonds is 6. The number of hydrogen-bond donors (Lipinski definition) is 1. The molecule has 0 aromatic heterocycles. The molecule has 5 heteroatoms. The van der Waals surface area contributed by atoms with Gasteiger partial charge in [-0.2, -0.15) is 0 Å². The molecule has 4 nitrogen and oxygen atoms in total. The van der Waals surface area contributed by atoms with Gasteiger partial charge in [0.15, 0.2) is 0 Å². The molecule has 2 rings (SSSR count). The largest absolute Gasteiger partial charge is 0.384 e. The lowest BCUT2D eigenvalue weighted by Gasteiger charge is -2.21. The van der Waals surface area contributed by atoms with E-state index in [1.807, 2.05) is 36.9 Å². The highest BCUT2D eigenvalue weighted by Gasteiger charge is 2.17. The molecule has 1 N–H and O–H groups in total. The molecule has 112 valence electrons. The molecule has 1 aliphatic heterocycles. The molecular weight excluding hydrogens is 276 g/mol. The second kappa shape index (κ2) is 8.12. The maximum absolute atomic E-state index is 12.4. The van der Waals surface area contributed by atoms with Gasteiger partial charge < -0.3 is 15.0 Å². The van der Waals surface area contributed by atoms with Crippen molar-refractivity contribution in [3.8, 4) is 0 Å². The van der Waals surface area contributed by atoms with E-state index >= 15 is 0 Å². The van der Waals surface area contributed by atoms with Gasteiger partial charge in [-0.3, -0.25) is 4.79 Å². The van der Waals surface area contributed by atoms with Crippen molar-refractivity contribution >= 4 is 24.0 Å². The van der Waals surface area contributed by atoms with E-state index in [0.29, 0.717) is 26.3 Å². The first-order chi connectivity index (χ1) is 9.26. The Balaban J connectivity index is 0.00000200. The number of amides is 1. The maximum Gasteiger partial charge on any atom is 0.253 e. The van der Waals surface area contributed by atoms with Crippen molar-refractivity contribution in [3.63, 3.8) is 0 Å². The first kappa shape index (κ1) is 16.8. The molecule has 1 heterocycles. The number of benzene rings is 1. The average Bonchev–Trinajstić information content (AvgIpc) is 2.90. The van der Waals surface area contributed by atoms with Crippen LogP contribution in [0.4, 0.5) is 5.69 Å². The smallest absolute Gasteiger partial charge is 0.253 e. The highest BCUT2D eigenvalue weighted by Crippen LogP contribution is 2.23. The topological polar surface area (TPSA) is 41.6 Å². The van der Waals surface area contributed by atoms with Crippen LogP contribution in [0.5, 0.6) is 0 Å². The standard InChI is InChI=1S/C15H22N2O2.ClH/c1-3-17(9-10-19-4-2)15(18)13-5-6-14-12(11-13)7-8-16-14;/h5-6,11,16H,3-4,7-10H2,1-2H3;1H. The van der Waals surface area contributed by atoms with Crippen molar-refractivity contribution < 1.29 is 9.53 Å². The highest BCUT2D eigenvalue weighted by molar-refractivity contribution is 5.95. The van der Waals surface area contributed by atoms with Crippen LogP contribution in [0, 0.1) is 0 Å². The Morgan fingerprint density at radius 1 is 1.40 bits per heavy atom. The molecule has 0 unspecified atom stereocenters. The van der Waals surface area contributed by atoms with Gasteiger partial charge in [-0.1, -0.05) is 0 Å². The van der Waals surface area contributed by atoms with Crippen LogP contribution in [-0.4, -0.2) is 43.7 Å². The van der Waals surface area contributed by atoms with Crippen LogP contribution >= 0.6 is 12.4 Å². The lowest BCUT2D eigenvalue weighted by Crippen LogP contribution is -2.33. The molecule has 0 fully saturated rings. The third-order valence-corrected chi connectivity index (χ3v) is 3.44. The molecule has 0 saturated heterocycles. The summed E-state index contributed by atoms with van der Waals surface area (Å²) in [6.07, 6.45) is 1.00. The first-order valence-corrected chi connectivity index (χ1v) is 7.00. The number of carbonyl (C=O) groups excluding carboxylic acids is 1. The minimum atomic E-state index is 0. The Morgan fingerprint density at radius 2 is 2.20 bits per heavy atom. The fraction of sp³-hybridized carbons (Fsp3) is 0.533. The van der Waals surface area contributed by atoms with Crippen LogP contribution in [0.15, 0.2) is 18.2 Å². The molecule has 0 aliphatic carbocycles. The van der Waals surface area contributed by atoms with Gasteiger partial charge in [0.05, 0.1) is 6.61 Å². The van der Waals surface area contributed by atoms with Gasteiger partial charge in [-0.15, -0.1) is 12.4 Å². The Kier molecular flexibility index (Phi) is 6.82. The predicted molar refractivity (Wildman–Crippen MR) is 84.0 cm³/mol. The summed E-state index contributed by atoms with van der Waals surface area (Å²) in [5, 5.41) is 3.31. The van der Waals surface area contributed by atoms with Crippen molar-refractivity contribution in [3.05, 3.63) is 29.3 Å². The molecule has 1 amide bonds. The molecule has 1 aromatic rings. The summed E-state index contributed by atoms with van der Waals surface area (Å²) < 4.78 is 5.32. The van der Waals surface area contributed by atoms with Gasteiger partial charge in [0.2, 0.25) is 0 Å². The number of nitrogens with zero attached hydrogens (tertiary/aromatic N) is 1. The van der Waals surface area contributed by atoms with Crippen molar-refractivity contribution in [2.24, 2.45) is 0 Å². The van der Waals surface area contributed by atoms with E-state index in [0.717, 1.165) is 24.2 Å². The van der Waals surface area contributed by atoms with Crippen LogP contribution in [0.1, 0.15) is 29.8 Å². The molecule has 0 bridgehead atoms. The van der Waals surface area contributed by atoms with Gasteiger partial charge in [-0.25, -0.2) is 0 Å². The Morgan fingerprint density at radius 3 is 2.90 bits per heavy atom. The number of likely N-dealkylation sites (N-methyl/N-ethyl adjacent to an activating group) is 1. The van der Waals surface area contributed by atoms with Crippen LogP contribution in [-0.2, 0) is 11.2 Å². The third-order valence-electron chi connectivity index (χ3n) is 3.44. The Hall–Kier alpha value is -1.26. The molecular formula is C15H23ClN2O2. The second-order valence-electron chi connectivity index (χ2n) is 4.63. The minimum Gasteiger partial charge on any atom is -0.384 e. The average molecular weight is 299 g/mol. The van der Waals surface area contributed by atoms with E-state index < -0.39 is 0 Å². The van der Waals surface area contributed by atoms with E-state index in [-0.39, 0.29) is 18.3 Å². The van der Waals surface area contributed by atoms with E-state index in [1.165, 1.54) is 5.56 Å². The quantitative estimate of drug-likeness (QED) is 0.821. The fourth-order valence-corrected chi connectivity index (χ4v) is 2.34. The maximum atomic E-state index is 12.4. The number of hydrogen-bond acceptors (Lipinski definition) is 3. The van der Waals surface area contributed by atoms with E-state index in [2.05, 4.69) is 5.32 Å². The lowest BCUT2D eigenvalue weighted by atomic mass is 10.1. The van der Waals surface area contributed by atoms with Crippen molar-refractivity contribution in [2.75, 3.05) is 38.2 Å². The van der Waals surface area contributed by atoms with E-state index in [1.54, 1.807) is 0 Å². The number of anilines is 1. The van der Waals surface area contributed by atoms with Crippen molar-refractivity contribution in [1.82, 2.24) is 4.90 Å². The Labute approximate surface area is 126 Å². The van der Waals surface area contributed by atoms with Crippen LogP contribution in [0.3, 0.4) is 0 Å². The fourth-order valence-electron chi connectivity index (χ4n) is 2.34. The summed E-state index contributed by atoms with van der Waals surface area (Å²) in [6.45, 7) is 7.58. The number of carbonyl (C=O) groups is 1. The Bertz CT molecular complexity index is 451. The zero-order chi connectivity index (χ0) is 13.7. The van der Waals surface area contributed by atoms with Gasteiger partial charge in [-0.05, 0) is 44.0 Å². The molecule has 1 aromatic carbocycles. The van der Waals surface area contributed by atoms with Crippen molar-refractivity contribution in [1.29, 1.82) is 0 Å². The molecule has 0 spiro atoms. The molecule has 20 heavy (non-hydrogen) atoms. The molecule has 0 radical (unpaired) electrons. The number of halogens is 1.